The van der Waals surface area contributed by atoms with E-state index in [0.717, 1.165) is 24.7 Å². The van der Waals surface area contributed by atoms with Gasteiger partial charge in [0, 0.05) is 17.7 Å². The zero-order chi connectivity index (χ0) is 7.68. The van der Waals surface area contributed by atoms with Crippen molar-refractivity contribution in [1.29, 1.82) is 0 Å². The fourth-order valence-electron chi connectivity index (χ4n) is 2.03. The lowest BCUT2D eigenvalue weighted by Gasteiger charge is -2.08. The summed E-state index contributed by atoms with van der Waals surface area (Å²) in [6, 6.07) is 1.05. The summed E-state index contributed by atoms with van der Waals surface area (Å²) in [4.78, 5) is 10.6. The Bertz CT molecular complexity index is 198. The van der Waals surface area contributed by atoms with E-state index in [1.165, 1.54) is 12.8 Å². The van der Waals surface area contributed by atoms with Crippen molar-refractivity contribution in [3.8, 4) is 0 Å². The number of nitrogens with one attached hydrogen (secondary N) is 1. The molecule has 2 aliphatic heterocycles. The topological polar surface area (TPSA) is 29.1 Å². The quantitative estimate of drug-likeness (QED) is 0.567. The van der Waals surface area contributed by atoms with Crippen LogP contribution < -0.4 is 5.32 Å². The van der Waals surface area contributed by atoms with Crippen molar-refractivity contribution in [1.82, 2.24) is 5.32 Å². The van der Waals surface area contributed by atoms with Gasteiger partial charge in [0.05, 0.1) is 0 Å². The summed E-state index contributed by atoms with van der Waals surface area (Å²) in [7, 11) is 0. The van der Waals surface area contributed by atoms with Gasteiger partial charge in [0.1, 0.15) is 6.29 Å². The van der Waals surface area contributed by atoms with Crippen LogP contribution in [0, 0.1) is 0 Å². The van der Waals surface area contributed by atoms with Crippen molar-refractivity contribution in [2.75, 3.05) is 0 Å². The van der Waals surface area contributed by atoms with E-state index < -0.39 is 0 Å². The maximum Gasteiger partial charge on any atom is 0.147 e. The van der Waals surface area contributed by atoms with E-state index in [4.69, 9.17) is 0 Å². The Morgan fingerprint density at radius 1 is 1.45 bits per heavy atom. The molecule has 1 saturated heterocycles. The fraction of sp³-hybridized carbons (Fsp3) is 0.667. The molecule has 0 aromatic rings. The average Bonchev–Trinajstić information content (AvgIpc) is 2.33. The second-order valence-corrected chi connectivity index (χ2v) is 3.39. The number of allylic oxidation sites excluding steroid dienone is 1. The zero-order valence-electron chi connectivity index (χ0n) is 6.55. The van der Waals surface area contributed by atoms with Gasteiger partial charge in [-0.3, -0.25) is 4.79 Å². The summed E-state index contributed by atoms with van der Waals surface area (Å²) in [6.45, 7) is 0. The van der Waals surface area contributed by atoms with Gasteiger partial charge >= 0.3 is 0 Å². The predicted octanol–water partition coefficient (Wildman–Crippen LogP) is 1.03. The van der Waals surface area contributed by atoms with Gasteiger partial charge in [0.25, 0.3) is 0 Å². The molecule has 2 atom stereocenters. The molecule has 2 bridgehead atoms. The molecule has 2 nitrogen and oxygen atoms in total. The minimum Gasteiger partial charge on any atom is -0.307 e. The summed E-state index contributed by atoms with van der Waals surface area (Å²) >= 11 is 0. The lowest BCUT2D eigenvalue weighted by atomic mass is 10.0. The Morgan fingerprint density at radius 3 is 3.18 bits per heavy atom. The largest absolute Gasteiger partial charge is 0.307 e. The second-order valence-electron chi connectivity index (χ2n) is 3.39. The lowest BCUT2D eigenvalue weighted by molar-refractivity contribution is -0.105. The summed E-state index contributed by atoms with van der Waals surface area (Å²) in [5.74, 6) is 0. The maximum absolute atomic E-state index is 10.6. The lowest BCUT2D eigenvalue weighted by Crippen LogP contribution is -2.29. The molecular formula is C9H13NO. The Hall–Kier alpha value is -0.630. The summed E-state index contributed by atoms with van der Waals surface area (Å²) in [5, 5.41) is 3.45. The van der Waals surface area contributed by atoms with Crippen LogP contribution in [0.2, 0.25) is 0 Å². The summed E-state index contributed by atoms with van der Waals surface area (Å²) in [6.07, 6.45) is 7.76. The molecule has 0 aromatic heterocycles. The molecule has 0 saturated carbocycles. The molecule has 1 N–H and O–H groups in total. The highest BCUT2D eigenvalue weighted by Gasteiger charge is 2.27. The smallest absolute Gasteiger partial charge is 0.147 e. The molecule has 0 aliphatic carbocycles. The van der Waals surface area contributed by atoms with Crippen LogP contribution in [0.25, 0.3) is 0 Å². The molecule has 2 rings (SSSR count). The molecule has 0 spiro atoms. The van der Waals surface area contributed by atoms with Crippen LogP contribution >= 0.6 is 0 Å². The number of carbonyl (C=O) groups is 1. The van der Waals surface area contributed by atoms with Crippen molar-refractivity contribution < 1.29 is 4.79 Å². The Morgan fingerprint density at radius 2 is 2.36 bits per heavy atom. The van der Waals surface area contributed by atoms with Gasteiger partial charge in [0.15, 0.2) is 0 Å². The second kappa shape index (κ2) is 2.78. The monoisotopic (exact) mass is 151 g/mol. The van der Waals surface area contributed by atoms with Crippen LogP contribution in [0.1, 0.15) is 25.7 Å². The van der Waals surface area contributed by atoms with E-state index in [2.05, 4.69) is 11.4 Å². The third-order valence-corrected chi connectivity index (χ3v) is 2.67. The van der Waals surface area contributed by atoms with E-state index >= 15 is 0 Å². The number of aldehydes is 1. The number of carbonyl (C=O) groups excluding carboxylic acids is 1. The Balaban J connectivity index is 2.18. The first-order chi connectivity index (χ1) is 5.40. The molecule has 11 heavy (non-hydrogen) atoms. The highest BCUT2D eigenvalue weighted by molar-refractivity contribution is 5.75. The first-order valence-electron chi connectivity index (χ1n) is 4.31. The number of hydrogen-bond acceptors (Lipinski definition) is 2. The van der Waals surface area contributed by atoms with E-state index in [0.29, 0.717) is 12.1 Å². The van der Waals surface area contributed by atoms with Crippen LogP contribution in [-0.2, 0) is 4.79 Å². The Labute approximate surface area is 66.7 Å². The highest BCUT2D eigenvalue weighted by atomic mass is 16.1. The Kier molecular flexibility index (Phi) is 1.78. The van der Waals surface area contributed by atoms with Crippen LogP contribution in [0.5, 0.6) is 0 Å². The number of fused-ring (bicyclic) bond motifs is 2. The predicted molar refractivity (Wildman–Crippen MR) is 43.3 cm³/mol. The van der Waals surface area contributed by atoms with Crippen molar-refractivity contribution in [2.45, 2.75) is 37.8 Å². The van der Waals surface area contributed by atoms with Gasteiger partial charge in [-0.05, 0) is 25.7 Å². The van der Waals surface area contributed by atoms with E-state index in [1.54, 1.807) is 0 Å². The number of hydrogen-bond donors (Lipinski definition) is 1. The molecule has 1 unspecified atom stereocenters. The van der Waals surface area contributed by atoms with E-state index in [9.17, 15) is 4.79 Å². The highest BCUT2D eigenvalue weighted by Crippen LogP contribution is 2.24. The molecule has 60 valence electrons. The molecule has 2 heteroatoms. The van der Waals surface area contributed by atoms with Crippen LogP contribution in [0.15, 0.2) is 11.6 Å². The summed E-state index contributed by atoms with van der Waals surface area (Å²) < 4.78 is 0. The molecule has 0 radical (unpaired) electrons. The van der Waals surface area contributed by atoms with Crippen LogP contribution in [0.4, 0.5) is 0 Å². The molecule has 1 fully saturated rings. The minimum absolute atomic E-state index is 0.375. The first-order valence-corrected chi connectivity index (χ1v) is 4.31. The first kappa shape index (κ1) is 7.04. The van der Waals surface area contributed by atoms with Gasteiger partial charge < -0.3 is 5.32 Å². The van der Waals surface area contributed by atoms with Crippen molar-refractivity contribution in [2.24, 2.45) is 0 Å². The van der Waals surface area contributed by atoms with Gasteiger partial charge in [0.2, 0.25) is 0 Å². The molecule has 0 amide bonds. The van der Waals surface area contributed by atoms with Crippen molar-refractivity contribution in [3.63, 3.8) is 0 Å². The van der Waals surface area contributed by atoms with Gasteiger partial charge in [-0.15, -0.1) is 0 Å². The normalized spacial score (nSPS) is 36.2. The maximum atomic E-state index is 10.6. The van der Waals surface area contributed by atoms with Crippen molar-refractivity contribution in [3.05, 3.63) is 11.6 Å². The molecule has 0 aromatic carbocycles. The van der Waals surface area contributed by atoms with Crippen LogP contribution in [-0.4, -0.2) is 18.4 Å². The third kappa shape index (κ3) is 1.23. The SMILES string of the molecule is O=CC1=CCCC2CC[C@H]1N2. The molecular weight excluding hydrogens is 138 g/mol. The number of rotatable bonds is 1. The fourth-order valence-corrected chi connectivity index (χ4v) is 2.03. The van der Waals surface area contributed by atoms with Crippen molar-refractivity contribution >= 4 is 6.29 Å². The van der Waals surface area contributed by atoms with Gasteiger partial charge in [-0.25, -0.2) is 0 Å². The molecule has 2 aliphatic rings. The third-order valence-electron chi connectivity index (χ3n) is 2.67. The van der Waals surface area contributed by atoms with Crippen LogP contribution in [0.3, 0.4) is 0 Å². The van der Waals surface area contributed by atoms with Gasteiger partial charge in [-0.1, -0.05) is 6.08 Å². The van der Waals surface area contributed by atoms with Gasteiger partial charge in [-0.2, -0.15) is 0 Å². The zero-order valence-corrected chi connectivity index (χ0v) is 6.55. The minimum atomic E-state index is 0.375. The molecule has 2 heterocycles. The van der Waals surface area contributed by atoms with E-state index in [1.807, 2.05) is 0 Å². The summed E-state index contributed by atoms with van der Waals surface area (Å²) in [5.41, 5.74) is 0.977. The standard InChI is InChI=1S/C9H13NO/c11-6-7-2-1-3-8-4-5-9(7)10-8/h2,6,8-10H,1,3-5H2/t8?,9-/m1/s1. The average molecular weight is 151 g/mol. The van der Waals surface area contributed by atoms with E-state index in [-0.39, 0.29) is 0 Å².